The molecular formula is C12H25KO3S. The third-order valence-corrected chi connectivity index (χ3v) is 3.03. The van der Waals surface area contributed by atoms with Gasteiger partial charge in [-0.25, -0.2) is 0 Å². The summed E-state index contributed by atoms with van der Waals surface area (Å²) in [6.07, 6.45) is 12.2. The molecule has 0 bridgehead atoms. The van der Waals surface area contributed by atoms with E-state index in [2.05, 4.69) is 6.92 Å². The first kappa shape index (κ1) is 20.6. The zero-order valence-corrected chi connectivity index (χ0v) is 11.0. The molecule has 0 radical (unpaired) electrons. The molecule has 0 saturated carbocycles. The van der Waals surface area contributed by atoms with E-state index in [9.17, 15) is 8.42 Å². The fraction of sp³-hybridized carbons (Fsp3) is 0.833. The second-order valence-corrected chi connectivity index (χ2v) is 5.45. The van der Waals surface area contributed by atoms with E-state index >= 15 is 0 Å². The summed E-state index contributed by atoms with van der Waals surface area (Å²) in [6, 6.07) is 0. The first-order valence-corrected chi connectivity index (χ1v) is 7.70. The SMILES string of the molecule is CCCCCCCCCCC=CS(=O)(=O)O.[KH]. The molecule has 0 amide bonds. The van der Waals surface area contributed by atoms with Gasteiger partial charge in [-0.15, -0.1) is 0 Å². The normalized spacial score (nSPS) is 11.6. The molecule has 0 unspecified atom stereocenters. The Morgan fingerprint density at radius 2 is 1.41 bits per heavy atom. The molecule has 0 heterocycles. The van der Waals surface area contributed by atoms with Crippen molar-refractivity contribution < 1.29 is 13.0 Å². The molecule has 1 N–H and O–H groups in total. The third kappa shape index (κ3) is 19.8. The topological polar surface area (TPSA) is 54.4 Å². The van der Waals surface area contributed by atoms with Crippen LogP contribution in [-0.2, 0) is 10.1 Å². The predicted octanol–water partition coefficient (Wildman–Crippen LogP) is 3.27. The van der Waals surface area contributed by atoms with Crippen LogP contribution in [0.4, 0.5) is 0 Å². The number of allylic oxidation sites excluding steroid dienone is 1. The predicted molar refractivity (Wildman–Crippen MR) is 75.1 cm³/mol. The molecular weight excluding hydrogens is 263 g/mol. The molecule has 0 aliphatic rings. The van der Waals surface area contributed by atoms with Gasteiger partial charge in [-0.3, -0.25) is 4.55 Å². The molecule has 0 aromatic heterocycles. The van der Waals surface area contributed by atoms with Crippen LogP contribution in [0, 0.1) is 0 Å². The minimum atomic E-state index is -3.91. The standard InChI is InChI=1S/C12H24O3S.K.H/c1-2-3-4-5-6-7-8-9-10-11-12-16(13,14)15;;/h11-12H,2-10H2,1H3,(H,13,14,15);;. The number of unbranched alkanes of at least 4 members (excludes halogenated alkanes) is 8. The van der Waals surface area contributed by atoms with Gasteiger partial charge in [0.25, 0.3) is 10.1 Å². The van der Waals surface area contributed by atoms with Crippen molar-refractivity contribution in [3.8, 4) is 0 Å². The Hall–Kier alpha value is 1.29. The van der Waals surface area contributed by atoms with Gasteiger partial charge in [0, 0.05) is 0 Å². The number of hydrogen-bond donors (Lipinski definition) is 1. The van der Waals surface area contributed by atoms with E-state index in [-0.39, 0.29) is 51.4 Å². The maximum absolute atomic E-state index is 10.3. The van der Waals surface area contributed by atoms with E-state index in [1.807, 2.05) is 0 Å². The van der Waals surface area contributed by atoms with Gasteiger partial charge in [0.2, 0.25) is 0 Å². The summed E-state index contributed by atoms with van der Waals surface area (Å²) in [5, 5.41) is 0.869. The molecule has 0 rings (SSSR count). The quantitative estimate of drug-likeness (QED) is 0.381. The summed E-state index contributed by atoms with van der Waals surface area (Å²) in [7, 11) is -3.91. The Morgan fingerprint density at radius 3 is 1.88 bits per heavy atom. The van der Waals surface area contributed by atoms with Crippen LogP contribution in [0.1, 0.15) is 64.7 Å². The Bertz CT molecular complexity index is 273. The van der Waals surface area contributed by atoms with Crippen molar-refractivity contribution in [2.45, 2.75) is 64.7 Å². The summed E-state index contributed by atoms with van der Waals surface area (Å²) in [5.74, 6) is 0. The Morgan fingerprint density at radius 1 is 0.941 bits per heavy atom. The van der Waals surface area contributed by atoms with Crippen LogP contribution in [0.5, 0.6) is 0 Å². The van der Waals surface area contributed by atoms with Crippen LogP contribution < -0.4 is 0 Å². The van der Waals surface area contributed by atoms with Crippen LogP contribution in [0.25, 0.3) is 0 Å². The average molecular weight is 288 g/mol. The first-order valence-electron chi connectivity index (χ1n) is 6.20. The van der Waals surface area contributed by atoms with Crippen LogP contribution in [0.15, 0.2) is 11.5 Å². The molecule has 5 heteroatoms. The molecule has 0 atom stereocenters. The second-order valence-electron chi connectivity index (χ2n) is 4.15. The molecule has 0 aromatic carbocycles. The monoisotopic (exact) mass is 288 g/mol. The molecule has 0 spiro atoms. The fourth-order valence-corrected chi connectivity index (χ4v) is 1.96. The van der Waals surface area contributed by atoms with Gasteiger partial charge in [-0.1, -0.05) is 57.9 Å². The van der Waals surface area contributed by atoms with E-state index in [1.54, 1.807) is 0 Å². The van der Waals surface area contributed by atoms with Gasteiger partial charge in [-0.2, -0.15) is 8.42 Å². The number of hydrogen-bond acceptors (Lipinski definition) is 2. The Labute approximate surface area is 149 Å². The van der Waals surface area contributed by atoms with Crippen LogP contribution in [0.3, 0.4) is 0 Å². The van der Waals surface area contributed by atoms with Crippen molar-refractivity contribution >= 4 is 61.5 Å². The van der Waals surface area contributed by atoms with Crippen molar-refractivity contribution in [3.63, 3.8) is 0 Å². The van der Waals surface area contributed by atoms with Crippen molar-refractivity contribution in [2.24, 2.45) is 0 Å². The molecule has 3 nitrogen and oxygen atoms in total. The molecule has 0 saturated heterocycles. The molecule has 0 fully saturated rings. The maximum atomic E-state index is 10.3. The summed E-state index contributed by atoms with van der Waals surface area (Å²) in [6.45, 7) is 2.21. The Balaban J connectivity index is 0. The average Bonchev–Trinajstić information content (AvgIpc) is 2.19. The Kier molecular flexibility index (Phi) is 16.6. The molecule has 0 aliphatic carbocycles. The van der Waals surface area contributed by atoms with Crippen molar-refractivity contribution in [2.75, 3.05) is 0 Å². The van der Waals surface area contributed by atoms with Gasteiger partial charge in [0.15, 0.2) is 0 Å². The summed E-state index contributed by atoms with van der Waals surface area (Å²) in [5.41, 5.74) is 0. The van der Waals surface area contributed by atoms with Gasteiger partial charge in [0.1, 0.15) is 0 Å². The van der Waals surface area contributed by atoms with Crippen molar-refractivity contribution in [1.29, 1.82) is 0 Å². The van der Waals surface area contributed by atoms with E-state index in [4.69, 9.17) is 4.55 Å². The minimum absolute atomic E-state index is 0. The third-order valence-electron chi connectivity index (χ3n) is 2.49. The molecule has 98 valence electrons. The van der Waals surface area contributed by atoms with Gasteiger partial charge in [0.05, 0.1) is 5.41 Å². The van der Waals surface area contributed by atoms with Crippen LogP contribution in [0.2, 0.25) is 0 Å². The van der Waals surface area contributed by atoms with E-state index in [0.29, 0.717) is 0 Å². The van der Waals surface area contributed by atoms with Crippen LogP contribution in [-0.4, -0.2) is 64.4 Å². The zero-order valence-electron chi connectivity index (χ0n) is 10.2. The molecule has 0 aliphatic heterocycles. The van der Waals surface area contributed by atoms with Gasteiger partial charge < -0.3 is 0 Å². The van der Waals surface area contributed by atoms with Gasteiger partial charge >= 0.3 is 51.4 Å². The summed E-state index contributed by atoms with van der Waals surface area (Å²) < 4.78 is 29.1. The van der Waals surface area contributed by atoms with Crippen molar-refractivity contribution in [3.05, 3.63) is 11.5 Å². The first-order chi connectivity index (χ1) is 7.56. The fourth-order valence-electron chi connectivity index (χ4n) is 1.59. The van der Waals surface area contributed by atoms with E-state index in [0.717, 1.165) is 24.7 Å². The van der Waals surface area contributed by atoms with Crippen molar-refractivity contribution in [1.82, 2.24) is 0 Å². The van der Waals surface area contributed by atoms with E-state index in [1.165, 1.54) is 44.6 Å². The number of rotatable bonds is 10. The van der Waals surface area contributed by atoms with E-state index < -0.39 is 10.1 Å². The van der Waals surface area contributed by atoms with Gasteiger partial charge in [-0.05, 0) is 12.8 Å². The molecule has 17 heavy (non-hydrogen) atoms. The zero-order chi connectivity index (χ0) is 12.3. The molecule has 0 aromatic rings. The summed E-state index contributed by atoms with van der Waals surface area (Å²) >= 11 is 0. The van der Waals surface area contributed by atoms with Crippen LogP contribution >= 0.6 is 0 Å². The second kappa shape index (κ2) is 13.7. The summed E-state index contributed by atoms with van der Waals surface area (Å²) in [4.78, 5) is 0.